The number of halogens is 1. The molecule has 0 aliphatic carbocycles. The van der Waals surface area contributed by atoms with Crippen molar-refractivity contribution in [2.24, 2.45) is 0 Å². The number of H-pyrrole nitrogens is 1. The van der Waals surface area contributed by atoms with Crippen LogP contribution in [-0.2, 0) is 6.54 Å². The van der Waals surface area contributed by atoms with Crippen LogP contribution in [0, 0.1) is 0 Å². The minimum Gasteiger partial charge on any atom is -0.388 e. The molecule has 0 fully saturated rings. The van der Waals surface area contributed by atoms with Gasteiger partial charge in [-0.1, -0.05) is 11.6 Å². The number of aromatic nitrogens is 5. The zero-order chi connectivity index (χ0) is 16.9. The summed E-state index contributed by atoms with van der Waals surface area (Å²) in [7, 11) is 1.79. The van der Waals surface area contributed by atoms with Crippen LogP contribution in [0.4, 0.5) is 5.69 Å². The van der Waals surface area contributed by atoms with Crippen molar-refractivity contribution in [3.63, 3.8) is 0 Å². The van der Waals surface area contributed by atoms with Crippen molar-refractivity contribution in [1.82, 2.24) is 30.9 Å². The Morgan fingerprint density at radius 2 is 2.17 bits per heavy atom. The number of pyridine rings is 1. The Morgan fingerprint density at radius 1 is 1.29 bits per heavy atom. The van der Waals surface area contributed by atoms with E-state index in [0.29, 0.717) is 28.6 Å². The quantitative estimate of drug-likeness (QED) is 0.652. The van der Waals surface area contributed by atoms with Crippen molar-refractivity contribution in [3.05, 3.63) is 52.7 Å². The molecule has 3 aromatic rings. The van der Waals surface area contributed by atoms with Gasteiger partial charge in [-0.25, -0.2) is 0 Å². The van der Waals surface area contributed by atoms with Gasteiger partial charge >= 0.3 is 0 Å². The fourth-order valence-electron chi connectivity index (χ4n) is 2.11. The molecular weight excluding hydrogens is 330 g/mol. The Hall–Kier alpha value is -3.00. The monoisotopic (exact) mass is 343 g/mol. The second-order valence-electron chi connectivity index (χ2n) is 4.91. The molecule has 0 radical (unpaired) electrons. The largest absolute Gasteiger partial charge is 0.388 e. The van der Waals surface area contributed by atoms with E-state index in [1.54, 1.807) is 43.6 Å². The minimum absolute atomic E-state index is 0.249. The van der Waals surface area contributed by atoms with Gasteiger partial charge in [0.05, 0.1) is 10.6 Å². The number of hydrogen-bond donors (Lipinski definition) is 3. The molecule has 0 atom stereocenters. The summed E-state index contributed by atoms with van der Waals surface area (Å²) in [5.74, 6) is 0.148. The predicted molar refractivity (Wildman–Crippen MR) is 89.6 cm³/mol. The molecule has 0 saturated heterocycles. The first kappa shape index (κ1) is 15.9. The number of aromatic amines is 1. The second kappa shape index (κ2) is 7.05. The lowest BCUT2D eigenvalue weighted by Gasteiger charge is -2.09. The summed E-state index contributed by atoms with van der Waals surface area (Å²) in [4.78, 5) is 16.5. The lowest BCUT2D eigenvalue weighted by atomic mass is 10.1. The maximum absolute atomic E-state index is 12.3. The molecule has 0 aliphatic rings. The predicted octanol–water partition coefficient (Wildman–Crippen LogP) is 1.89. The summed E-state index contributed by atoms with van der Waals surface area (Å²) >= 11 is 6.14. The summed E-state index contributed by atoms with van der Waals surface area (Å²) in [6.07, 6.45) is 1.63. The van der Waals surface area contributed by atoms with Crippen LogP contribution in [0.3, 0.4) is 0 Å². The summed E-state index contributed by atoms with van der Waals surface area (Å²) in [5.41, 5.74) is 2.70. The van der Waals surface area contributed by atoms with Crippen LogP contribution in [0.5, 0.6) is 0 Å². The summed E-state index contributed by atoms with van der Waals surface area (Å²) < 4.78 is 0. The number of carbonyl (C=O) groups excluding carboxylic acids is 1. The van der Waals surface area contributed by atoms with E-state index in [9.17, 15) is 4.79 Å². The van der Waals surface area contributed by atoms with Gasteiger partial charge in [0.1, 0.15) is 5.69 Å². The molecule has 0 bridgehead atoms. The lowest BCUT2D eigenvalue weighted by Crippen LogP contribution is -2.23. The molecule has 0 unspecified atom stereocenters. The molecule has 2 heterocycles. The molecule has 3 rings (SSSR count). The Labute approximate surface area is 142 Å². The van der Waals surface area contributed by atoms with Crippen molar-refractivity contribution in [2.75, 3.05) is 12.4 Å². The van der Waals surface area contributed by atoms with E-state index in [-0.39, 0.29) is 5.91 Å². The van der Waals surface area contributed by atoms with Gasteiger partial charge in [-0.05, 0) is 41.1 Å². The Bertz CT molecular complexity index is 851. The Balaban J connectivity index is 1.69. The molecule has 1 amide bonds. The highest BCUT2D eigenvalue weighted by molar-refractivity contribution is 6.34. The number of benzene rings is 1. The maximum Gasteiger partial charge on any atom is 0.253 e. The van der Waals surface area contributed by atoms with Crippen LogP contribution in [0.15, 0.2) is 36.5 Å². The van der Waals surface area contributed by atoms with E-state index in [0.717, 1.165) is 11.3 Å². The average molecular weight is 344 g/mol. The molecule has 8 nitrogen and oxygen atoms in total. The molecule has 2 aromatic heterocycles. The number of hydrogen-bond acceptors (Lipinski definition) is 6. The van der Waals surface area contributed by atoms with Gasteiger partial charge in [0.25, 0.3) is 5.91 Å². The lowest BCUT2D eigenvalue weighted by molar-refractivity contribution is 0.0951. The summed E-state index contributed by atoms with van der Waals surface area (Å²) in [6.45, 7) is 0.330. The minimum atomic E-state index is -0.249. The van der Waals surface area contributed by atoms with E-state index in [4.69, 9.17) is 11.6 Å². The zero-order valence-electron chi connectivity index (χ0n) is 12.7. The van der Waals surface area contributed by atoms with Gasteiger partial charge < -0.3 is 10.6 Å². The van der Waals surface area contributed by atoms with Crippen LogP contribution >= 0.6 is 11.6 Å². The van der Waals surface area contributed by atoms with Crippen molar-refractivity contribution in [1.29, 1.82) is 0 Å². The number of nitrogens with zero attached hydrogens (tertiary/aromatic N) is 4. The van der Waals surface area contributed by atoms with Crippen LogP contribution in [-0.4, -0.2) is 38.6 Å². The van der Waals surface area contributed by atoms with E-state index in [1.165, 1.54) is 0 Å². The van der Waals surface area contributed by atoms with Gasteiger partial charge in [0.2, 0.25) is 5.82 Å². The highest BCUT2D eigenvalue weighted by Gasteiger charge is 2.11. The molecule has 122 valence electrons. The van der Waals surface area contributed by atoms with Crippen molar-refractivity contribution in [3.8, 4) is 11.5 Å². The number of carbonyl (C=O) groups is 1. The Morgan fingerprint density at radius 3 is 2.88 bits per heavy atom. The topological polar surface area (TPSA) is 108 Å². The SMILES string of the molecule is CNc1ccc(C(=O)NCc2ccnc(-c3nn[nH]n3)c2)c(Cl)c1. The highest BCUT2D eigenvalue weighted by Crippen LogP contribution is 2.20. The number of rotatable bonds is 5. The average Bonchev–Trinajstić information content (AvgIpc) is 3.14. The van der Waals surface area contributed by atoms with Crippen molar-refractivity contribution < 1.29 is 4.79 Å². The third kappa shape index (κ3) is 3.49. The molecular formula is C15H14ClN7O. The molecule has 0 spiro atoms. The van der Waals surface area contributed by atoms with Gasteiger partial charge in [0.15, 0.2) is 0 Å². The maximum atomic E-state index is 12.3. The van der Waals surface area contributed by atoms with E-state index < -0.39 is 0 Å². The van der Waals surface area contributed by atoms with Crippen LogP contribution in [0.2, 0.25) is 5.02 Å². The first-order valence-electron chi connectivity index (χ1n) is 7.11. The third-order valence-corrected chi connectivity index (χ3v) is 3.67. The van der Waals surface area contributed by atoms with Crippen LogP contribution in [0.1, 0.15) is 15.9 Å². The number of tetrazole rings is 1. The number of amides is 1. The van der Waals surface area contributed by atoms with Crippen LogP contribution in [0.25, 0.3) is 11.5 Å². The van der Waals surface area contributed by atoms with E-state index in [1.807, 2.05) is 0 Å². The third-order valence-electron chi connectivity index (χ3n) is 3.35. The highest BCUT2D eigenvalue weighted by atomic mass is 35.5. The summed E-state index contributed by atoms with van der Waals surface area (Å²) in [6, 6.07) is 8.77. The smallest absolute Gasteiger partial charge is 0.253 e. The van der Waals surface area contributed by atoms with Crippen molar-refractivity contribution in [2.45, 2.75) is 6.54 Å². The first-order valence-corrected chi connectivity index (χ1v) is 7.49. The fourth-order valence-corrected chi connectivity index (χ4v) is 2.38. The van der Waals surface area contributed by atoms with Gasteiger partial charge in [-0.3, -0.25) is 9.78 Å². The van der Waals surface area contributed by atoms with Gasteiger partial charge in [-0.2, -0.15) is 5.21 Å². The molecule has 0 saturated carbocycles. The first-order chi connectivity index (χ1) is 11.7. The molecule has 1 aromatic carbocycles. The van der Waals surface area contributed by atoms with Crippen LogP contribution < -0.4 is 10.6 Å². The van der Waals surface area contributed by atoms with Gasteiger partial charge in [0, 0.05) is 25.5 Å². The summed E-state index contributed by atoms with van der Waals surface area (Å²) in [5, 5.41) is 19.8. The van der Waals surface area contributed by atoms with Gasteiger partial charge in [-0.15, -0.1) is 10.2 Å². The molecule has 24 heavy (non-hydrogen) atoms. The zero-order valence-corrected chi connectivity index (χ0v) is 13.5. The molecule has 0 aliphatic heterocycles. The molecule has 3 N–H and O–H groups in total. The molecule has 9 heteroatoms. The normalized spacial score (nSPS) is 10.4. The standard InChI is InChI=1S/C15H14ClN7O/c1-17-10-2-3-11(12(16)7-10)15(24)19-8-9-4-5-18-13(6-9)14-20-22-23-21-14/h2-7,17H,8H2,1H3,(H,19,24)(H,20,21,22,23). The number of anilines is 1. The Kier molecular flexibility index (Phi) is 4.66. The van der Waals surface area contributed by atoms with Crippen molar-refractivity contribution >= 4 is 23.2 Å². The number of nitrogens with one attached hydrogen (secondary N) is 3. The fraction of sp³-hybridized carbons (Fsp3) is 0.133. The van der Waals surface area contributed by atoms with E-state index in [2.05, 4.69) is 36.2 Å². The second-order valence-corrected chi connectivity index (χ2v) is 5.32. The van der Waals surface area contributed by atoms with E-state index >= 15 is 0 Å².